The summed E-state index contributed by atoms with van der Waals surface area (Å²) >= 11 is 2.09. The number of hydrogen-bond acceptors (Lipinski definition) is 3. The van der Waals surface area contributed by atoms with Crippen LogP contribution in [0.5, 0.6) is 0 Å². The molecular formula is C9H19NOS. The van der Waals surface area contributed by atoms with Crippen molar-refractivity contribution in [1.82, 2.24) is 5.32 Å². The number of hydrogen-bond donors (Lipinski definition) is 1. The lowest BCUT2D eigenvalue weighted by Gasteiger charge is -2.22. The molecule has 1 aliphatic heterocycles. The van der Waals surface area contributed by atoms with Crippen molar-refractivity contribution < 1.29 is 4.74 Å². The summed E-state index contributed by atoms with van der Waals surface area (Å²) in [5, 5.41) is 4.09. The second kappa shape index (κ2) is 5.84. The van der Waals surface area contributed by atoms with Crippen LogP contribution in [-0.4, -0.2) is 37.3 Å². The van der Waals surface area contributed by atoms with E-state index < -0.39 is 0 Å². The monoisotopic (exact) mass is 189 g/mol. The fourth-order valence-electron chi connectivity index (χ4n) is 1.21. The van der Waals surface area contributed by atoms with Gasteiger partial charge in [0.1, 0.15) is 0 Å². The van der Waals surface area contributed by atoms with E-state index in [1.165, 1.54) is 18.6 Å². The van der Waals surface area contributed by atoms with Crippen molar-refractivity contribution >= 4 is 11.8 Å². The Hall–Kier alpha value is 0.270. The smallest absolute Gasteiger partial charge is 0.0476 e. The fraction of sp³-hybridized carbons (Fsp3) is 1.00. The summed E-state index contributed by atoms with van der Waals surface area (Å²) in [6, 6.07) is 0.637. The van der Waals surface area contributed by atoms with E-state index in [0.717, 1.165) is 18.5 Å². The van der Waals surface area contributed by atoms with E-state index in [0.29, 0.717) is 6.04 Å². The van der Waals surface area contributed by atoms with E-state index in [-0.39, 0.29) is 0 Å². The minimum Gasteiger partial charge on any atom is -0.381 e. The van der Waals surface area contributed by atoms with Crippen LogP contribution in [0.15, 0.2) is 0 Å². The van der Waals surface area contributed by atoms with Crippen molar-refractivity contribution in [2.24, 2.45) is 0 Å². The van der Waals surface area contributed by atoms with Gasteiger partial charge in [-0.3, -0.25) is 0 Å². The molecule has 1 N–H and O–H groups in total. The average molecular weight is 189 g/mol. The third kappa shape index (κ3) is 3.78. The lowest BCUT2D eigenvalue weighted by Crippen LogP contribution is -2.26. The van der Waals surface area contributed by atoms with E-state index in [1.54, 1.807) is 0 Å². The zero-order valence-corrected chi connectivity index (χ0v) is 8.82. The van der Waals surface area contributed by atoms with Crippen LogP contribution in [0.25, 0.3) is 0 Å². The van der Waals surface area contributed by atoms with Crippen LogP contribution in [0.2, 0.25) is 0 Å². The number of thioether (sulfide) groups is 1. The first-order chi connectivity index (χ1) is 5.83. The molecule has 1 heterocycles. The normalized spacial score (nSPS) is 22.5. The average Bonchev–Trinajstić information content (AvgIpc) is 2.16. The summed E-state index contributed by atoms with van der Waals surface area (Å²) in [6.07, 6.45) is 2.47. The molecule has 0 aromatic heterocycles. The molecule has 3 heteroatoms. The zero-order valence-electron chi connectivity index (χ0n) is 8.01. The molecule has 0 aromatic carbocycles. The van der Waals surface area contributed by atoms with Gasteiger partial charge in [-0.05, 0) is 26.8 Å². The van der Waals surface area contributed by atoms with Crippen molar-refractivity contribution in [3.63, 3.8) is 0 Å². The number of ether oxygens (including phenoxy) is 1. The molecule has 0 bridgehead atoms. The SMILES string of the molecule is CNC(C)CSC1CCOCC1. The summed E-state index contributed by atoms with van der Waals surface area (Å²) in [6.45, 7) is 4.16. The Kier molecular flexibility index (Phi) is 5.04. The maximum Gasteiger partial charge on any atom is 0.0476 e. The maximum absolute atomic E-state index is 5.30. The molecule has 0 amide bonds. The van der Waals surface area contributed by atoms with Gasteiger partial charge in [-0.25, -0.2) is 0 Å². The van der Waals surface area contributed by atoms with E-state index in [4.69, 9.17) is 4.74 Å². The molecule has 0 aromatic rings. The molecule has 1 unspecified atom stereocenters. The minimum atomic E-state index is 0.637. The summed E-state index contributed by atoms with van der Waals surface area (Å²) in [4.78, 5) is 0. The van der Waals surface area contributed by atoms with Gasteiger partial charge in [0.25, 0.3) is 0 Å². The summed E-state index contributed by atoms with van der Waals surface area (Å²) < 4.78 is 5.30. The summed E-state index contributed by atoms with van der Waals surface area (Å²) in [5.41, 5.74) is 0. The standard InChI is InChI=1S/C9H19NOS/c1-8(10-2)7-12-9-3-5-11-6-4-9/h8-10H,3-7H2,1-2H3. The van der Waals surface area contributed by atoms with Crippen LogP contribution < -0.4 is 5.32 Å². The molecule has 0 radical (unpaired) electrons. The molecule has 2 nitrogen and oxygen atoms in total. The third-order valence-corrected chi connectivity index (χ3v) is 3.88. The quantitative estimate of drug-likeness (QED) is 0.724. The topological polar surface area (TPSA) is 21.3 Å². The number of rotatable bonds is 4. The van der Waals surface area contributed by atoms with Crippen molar-refractivity contribution in [1.29, 1.82) is 0 Å². The van der Waals surface area contributed by atoms with Gasteiger partial charge in [-0.1, -0.05) is 0 Å². The van der Waals surface area contributed by atoms with E-state index in [2.05, 4.69) is 24.0 Å². The van der Waals surface area contributed by atoms with Crippen LogP contribution in [0.3, 0.4) is 0 Å². The van der Waals surface area contributed by atoms with Gasteiger partial charge in [-0.15, -0.1) is 0 Å². The van der Waals surface area contributed by atoms with E-state index in [1.807, 2.05) is 7.05 Å². The summed E-state index contributed by atoms with van der Waals surface area (Å²) in [5.74, 6) is 1.22. The van der Waals surface area contributed by atoms with Crippen LogP contribution in [-0.2, 0) is 4.74 Å². The molecule has 12 heavy (non-hydrogen) atoms. The first-order valence-corrected chi connectivity index (χ1v) is 5.74. The third-order valence-electron chi connectivity index (χ3n) is 2.24. The van der Waals surface area contributed by atoms with Crippen molar-refractivity contribution in [2.45, 2.75) is 31.1 Å². The van der Waals surface area contributed by atoms with Crippen LogP contribution >= 0.6 is 11.8 Å². The van der Waals surface area contributed by atoms with Crippen LogP contribution in [0.4, 0.5) is 0 Å². The highest BCUT2D eigenvalue weighted by Crippen LogP contribution is 2.22. The number of nitrogens with one attached hydrogen (secondary N) is 1. The fourth-order valence-corrected chi connectivity index (χ4v) is 2.46. The molecule has 1 atom stereocenters. The molecule has 1 rings (SSSR count). The van der Waals surface area contributed by atoms with Gasteiger partial charge in [-0.2, -0.15) is 11.8 Å². The Morgan fingerprint density at radius 2 is 2.17 bits per heavy atom. The largest absolute Gasteiger partial charge is 0.381 e. The predicted molar refractivity (Wildman–Crippen MR) is 54.8 cm³/mol. The minimum absolute atomic E-state index is 0.637. The molecule has 0 aliphatic carbocycles. The highest BCUT2D eigenvalue weighted by molar-refractivity contribution is 7.99. The zero-order chi connectivity index (χ0) is 8.81. The molecular weight excluding hydrogens is 170 g/mol. The molecule has 72 valence electrons. The molecule has 0 spiro atoms. The lowest BCUT2D eigenvalue weighted by atomic mass is 10.2. The molecule has 1 fully saturated rings. The second-order valence-corrected chi connectivity index (χ2v) is 4.67. The van der Waals surface area contributed by atoms with E-state index >= 15 is 0 Å². The highest BCUT2D eigenvalue weighted by Gasteiger charge is 2.14. The van der Waals surface area contributed by atoms with Gasteiger partial charge in [0.15, 0.2) is 0 Å². The van der Waals surface area contributed by atoms with E-state index in [9.17, 15) is 0 Å². The first kappa shape index (κ1) is 10.4. The van der Waals surface area contributed by atoms with Crippen molar-refractivity contribution in [3.8, 4) is 0 Å². The predicted octanol–water partition coefficient (Wildman–Crippen LogP) is 1.51. The van der Waals surface area contributed by atoms with Gasteiger partial charge in [0, 0.05) is 30.3 Å². The molecule has 0 saturated carbocycles. The lowest BCUT2D eigenvalue weighted by molar-refractivity contribution is 0.1000. The molecule has 1 saturated heterocycles. The van der Waals surface area contributed by atoms with Gasteiger partial charge in [0.2, 0.25) is 0 Å². The maximum atomic E-state index is 5.30. The van der Waals surface area contributed by atoms with Crippen LogP contribution in [0, 0.1) is 0 Å². The van der Waals surface area contributed by atoms with Gasteiger partial charge >= 0.3 is 0 Å². The van der Waals surface area contributed by atoms with Crippen molar-refractivity contribution in [3.05, 3.63) is 0 Å². The van der Waals surface area contributed by atoms with Gasteiger partial charge in [0.05, 0.1) is 0 Å². The Balaban J connectivity index is 2.05. The Labute approximate surface area is 79.4 Å². The van der Waals surface area contributed by atoms with Crippen LogP contribution in [0.1, 0.15) is 19.8 Å². The Morgan fingerprint density at radius 1 is 1.50 bits per heavy atom. The summed E-state index contributed by atoms with van der Waals surface area (Å²) in [7, 11) is 2.02. The first-order valence-electron chi connectivity index (χ1n) is 4.69. The Morgan fingerprint density at radius 3 is 2.75 bits per heavy atom. The highest BCUT2D eigenvalue weighted by atomic mass is 32.2. The van der Waals surface area contributed by atoms with Gasteiger partial charge < -0.3 is 10.1 Å². The molecule has 1 aliphatic rings. The Bertz CT molecular complexity index is 115. The second-order valence-electron chi connectivity index (χ2n) is 3.33. The van der Waals surface area contributed by atoms with Crippen molar-refractivity contribution in [2.75, 3.05) is 26.0 Å².